The summed E-state index contributed by atoms with van der Waals surface area (Å²) in [5.74, 6) is 0.466. The Morgan fingerprint density at radius 2 is 0.842 bits per heavy atom. The van der Waals surface area contributed by atoms with E-state index in [0.717, 1.165) is 0 Å². The number of carbonyl (C=O) groups is 2. The molecule has 4 aromatic carbocycles. The van der Waals surface area contributed by atoms with Crippen molar-refractivity contribution in [1.29, 1.82) is 0 Å². The van der Waals surface area contributed by atoms with E-state index in [9.17, 15) is 9.59 Å². The largest absolute Gasteiger partial charge is 0.497 e. The third-order valence-corrected chi connectivity index (χ3v) is 5.56. The van der Waals surface area contributed by atoms with Crippen LogP contribution in [0.4, 0.5) is 0 Å². The Morgan fingerprint density at radius 3 is 1.16 bits per heavy atom. The standard InChI is InChI=1S/C30H26N4O4/c1-37-25-17-13-23(14-18-25)29(35)33-31-27(21-9-5-3-6-10-21)28(22-11-7-4-8-12-22)32-34-30(36)24-15-19-26(38-2)20-16-24/h3-20H,1-2H3,(H,33,35)(H,34,36)/b31-27-,32-28-. The molecule has 0 atom stereocenters. The van der Waals surface area contributed by atoms with Gasteiger partial charge in [-0.1, -0.05) is 60.7 Å². The molecule has 2 N–H and O–H groups in total. The number of ether oxygens (including phenoxy) is 2. The lowest BCUT2D eigenvalue weighted by Gasteiger charge is -2.12. The van der Waals surface area contributed by atoms with E-state index in [-0.39, 0.29) is 0 Å². The quantitative estimate of drug-likeness (QED) is 0.254. The summed E-state index contributed by atoms with van der Waals surface area (Å²) in [5.41, 5.74) is 8.19. The highest BCUT2D eigenvalue weighted by atomic mass is 16.5. The van der Waals surface area contributed by atoms with Gasteiger partial charge in [-0.3, -0.25) is 9.59 Å². The van der Waals surface area contributed by atoms with Gasteiger partial charge < -0.3 is 9.47 Å². The maximum atomic E-state index is 12.9. The lowest BCUT2D eigenvalue weighted by atomic mass is 10.00. The molecule has 0 saturated heterocycles. The average molecular weight is 507 g/mol. The zero-order chi connectivity index (χ0) is 26.7. The molecule has 2 amide bonds. The summed E-state index contributed by atoms with van der Waals surface area (Å²) in [4.78, 5) is 25.7. The molecule has 8 nitrogen and oxygen atoms in total. The monoisotopic (exact) mass is 506 g/mol. The van der Waals surface area contributed by atoms with Gasteiger partial charge in [0.25, 0.3) is 11.8 Å². The van der Waals surface area contributed by atoms with Crippen molar-refractivity contribution in [2.24, 2.45) is 10.2 Å². The summed E-state index contributed by atoms with van der Waals surface area (Å²) >= 11 is 0. The Morgan fingerprint density at radius 1 is 0.500 bits per heavy atom. The molecule has 0 fully saturated rings. The lowest BCUT2D eigenvalue weighted by Crippen LogP contribution is -2.28. The molecule has 38 heavy (non-hydrogen) atoms. The maximum absolute atomic E-state index is 12.9. The molecule has 0 aliphatic heterocycles. The van der Waals surface area contributed by atoms with Crippen LogP contribution in [-0.4, -0.2) is 37.5 Å². The molecule has 0 unspecified atom stereocenters. The third kappa shape index (κ3) is 6.50. The number of hydrogen-bond acceptors (Lipinski definition) is 6. The highest BCUT2D eigenvalue weighted by Gasteiger charge is 2.17. The first-order valence-corrected chi connectivity index (χ1v) is 11.7. The lowest BCUT2D eigenvalue weighted by molar-refractivity contribution is 0.0946. The molecule has 0 aromatic heterocycles. The van der Waals surface area contributed by atoms with Gasteiger partial charge >= 0.3 is 0 Å². The van der Waals surface area contributed by atoms with Crippen molar-refractivity contribution in [3.05, 3.63) is 131 Å². The van der Waals surface area contributed by atoms with Crippen LogP contribution in [-0.2, 0) is 0 Å². The van der Waals surface area contributed by atoms with E-state index < -0.39 is 11.8 Å². The molecular weight excluding hydrogens is 480 g/mol. The molecule has 0 aliphatic carbocycles. The molecular formula is C30H26N4O4. The molecule has 4 rings (SSSR count). The van der Waals surface area contributed by atoms with Gasteiger partial charge in [-0.05, 0) is 48.5 Å². The zero-order valence-corrected chi connectivity index (χ0v) is 20.9. The molecule has 0 bridgehead atoms. The number of carbonyl (C=O) groups excluding carboxylic acids is 2. The van der Waals surface area contributed by atoms with E-state index in [4.69, 9.17) is 9.47 Å². The number of benzene rings is 4. The number of nitrogens with zero attached hydrogens (tertiary/aromatic N) is 2. The van der Waals surface area contributed by atoms with Crippen molar-refractivity contribution in [3.8, 4) is 11.5 Å². The van der Waals surface area contributed by atoms with E-state index in [2.05, 4.69) is 21.1 Å². The molecule has 0 heterocycles. The van der Waals surface area contributed by atoms with Gasteiger partial charge in [-0.2, -0.15) is 10.2 Å². The number of hydrazone groups is 2. The fourth-order valence-electron chi connectivity index (χ4n) is 3.53. The van der Waals surface area contributed by atoms with Gasteiger partial charge in [0.15, 0.2) is 0 Å². The van der Waals surface area contributed by atoms with Gasteiger partial charge in [-0.15, -0.1) is 0 Å². The first kappa shape index (κ1) is 25.8. The summed E-state index contributed by atoms with van der Waals surface area (Å²) in [7, 11) is 3.12. The highest BCUT2D eigenvalue weighted by molar-refractivity contribution is 6.53. The fourth-order valence-corrected chi connectivity index (χ4v) is 3.53. The highest BCUT2D eigenvalue weighted by Crippen LogP contribution is 2.14. The van der Waals surface area contributed by atoms with Gasteiger partial charge in [0.2, 0.25) is 0 Å². The number of rotatable bonds is 9. The second-order valence-electron chi connectivity index (χ2n) is 7.99. The van der Waals surface area contributed by atoms with E-state index >= 15 is 0 Å². The predicted molar refractivity (Wildman–Crippen MR) is 147 cm³/mol. The number of amides is 2. The molecule has 0 spiro atoms. The minimum absolute atomic E-state index is 0.369. The van der Waals surface area contributed by atoms with Crippen molar-refractivity contribution >= 4 is 23.2 Å². The van der Waals surface area contributed by atoms with Crippen molar-refractivity contribution < 1.29 is 19.1 Å². The van der Waals surface area contributed by atoms with Gasteiger partial charge in [0.05, 0.1) is 14.2 Å². The van der Waals surface area contributed by atoms with Crippen LogP contribution in [0.15, 0.2) is 119 Å². The van der Waals surface area contributed by atoms with E-state index in [0.29, 0.717) is 45.2 Å². The Bertz CT molecular complexity index is 1320. The Balaban J connectivity index is 1.70. The summed E-state index contributed by atoms with van der Waals surface area (Å²) < 4.78 is 10.3. The van der Waals surface area contributed by atoms with Crippen LogP contribution in [0, 0.1) is 0 Å². The topological polar surface area (TPSA) is 101 Å². The second kappa shape index (κ2) is 12.6. The van der Waals surface area contributed by atoms with Crippen LogP contribution in [0.2, 0.25) is 0 Å². The van der Waals surface area contributed by atoms with Crippen LogP contribution in [0.5, 0.6) is 11.5 Å². The maximum Gasteiger partial charge on any atom is 0.271 e. The van der Waals surface area contributed by atoms with Crippen LogP contribution in [0.3, 0.4) is 0 Å². The van der Waals surface area contributed by atoms with Crippen molar-refractivity contribution in [1.82, 2.24) is 10.9 Å². The average Bonchev–Trinajstić information content (AvgIpc) is 2.99. The molecule has 0 aliphatic rings. The molecule has 0 saturated carbocycles. The van der Waals surface area contributed by atoms with Gasteiger partial charge in [0.1, 0.15) is 22.9 Å². The van der Waals surface area contributed by atoms with E-state index in [1.165, 1.54) is 0 Å². The van der Waals surface area contributed by atoms with Crippen molar-refractivity contribution in [3.63, 3.8) is 0 Å². The van der Waals surface area contributed by atoms with Gasteiger partial charge in [0, 0.05) is 22.3 Å². The number of methoxy groups -OCH3 is 2. The summed E-state index contributed by atoms with van der Waals surface area (Å²) in [6, 6.07) is 31.9. The molecule has 0 radical (unpaired) electrons. The summed E-state index contributed by atoms with van der Waals surface area (Å²) in [6.07, 6.45) is 0. The molecule has 190 valence electrons. The van der Waals surface area contributed by atoms with E-state index in [1.54, 1.807) is 62.8 Å². The third-order valence-electron chi connectivity index (χ3n) is 5.56. The first-order valence-electron chi connectivity index (χ1n) is 11.7. The fraction of sp³-hybridized carbons (Fsp3) is 0.0667. The van der Waals surface area contributed by atoms with Gasteiger partial charge in [-0.25, -0.2) is 10.9 Å². The zero-order valence-electron chi connectivity index (χ0n) is 20.9. The summed E-state index contributed by atoms with van der Waals surface area (Å²) in [5, 5.41) is 8.90. The Hall–Kier alpha value is -5.24. The Labute approximate surface area is 220 Å². The number of hydrogen-bond donors (Lipinski definition) is 2. The normalized spacial score (nSPS) is 11.4. The molecule has 8 heteroatoms. The minimum atomic E-state index is -0.407. The van der Waals surface area contributed by atoms with E-state index in [1.807, 2.05) is 60.7 Å². The second-order valence-corrected chi connectivity index (χ2v) is 7.99. The van der Waals surface area contributed by atoms with Crippen LogP contribution in [0.25, 0.3) is 0 Å². The first-order chi connectivity index (χ1) is 18.6. The van der Waals surface area contributed by atoms with Crippen LogP contribution < -0.4 is 20.3 Å². The van der Waals surface area contributed by atoms with Crippen molar-refractivity contribution in [2.75, 3.05) is 14.2 Å². The molecule has 4 aromatic rings. The Kier molecular flexibility index (Phi) is 8.60. The smallest absolute Gasteiger partial charge is 0.271 e. The predicted octanol–water partition coefficient (Wildman–Crippen LogP) is 4.67. The SMILES string of the molecule is COc1ccc(C(=O)N/N=C(\C(=N/NC(=O)c2ccc(OC)cc2)c2ccccc2)c2ccccc2)cc1. The van der Waals surface area contributed by atoms with Crippen LogP contribution in [0.1, 0.15) is 31.8 Å². The van der Waals surface area contributed by atoms with Crippen LogP contribution >= 0.6 is 0 Å². The minimum Gasteiger partial charge on any atom is -0.497 e. The van der Waals surface area contributed by atoms with Crippen molar-refractivity contribution in [2.45, 2.75) is 0 Å². The number of nitrogens with one attached hydrogen (secondary N) is 2. The summed E-state index contributed by atoms with van der Waals surface area (Å²) in [6.45, 7) is 0.